The van der Waals surface area contributed by atoms with E-state index in [2.05, 4.69) is 20.8 Å². The zero-order valence-electron chi connectivity index (χ0n) is 11.0. The van der Waals surface area contributed by atoms with Crippen LogP contribution in [0.1, 0.15) is 57.8 Å². The molecule has 2 saturated carbocycles. The maximum absolute atomic E-state index is 3.80. The van der Waals surface area contributed by atoms with Gasteiger partial charge in [0.1, 0.15) is 0 Å². The first-order chi connectivity index (χ1) is 8.33. The van der Waals surface area contributed by atoms with Gasteiger partial charge in [0.25, 0.3) is 0 Å². The van der Waals surface area contributed by atoms with Crippen LogP contribution in [0.2, 0.25) is 0 Å². The molecule has 2 aliphatic carbocycles. The molecule has 2 heteroatoms. The smallest absolute Gasteiger partial charge is 0.0124 e. The van der Waals surface area contributed by atoms with Crippen molar-refractivity contribution < 1.29 is 0 Å². The number of nitrogens with zero attached hydrogens (tertiary/aromatic N) is 1. The van der Waals surface area contributed by atoms with Crippen molar-refractivity contribution in [2.24, 2.45) is 11.3 Å². The molecular weight excluding hydrogens is 274 g/mol. The summed E-state index contributed by atoms with van der Waals surface area (Å²) in [6.07, 6.45) is 13.3. The van der Waals surface area contributed by atoms with Crippen molar-refractivity contribution in [2.75, 3.05) is 18.4 Å². The summed E-state index contributed by atoms with van der Waals surface area (Å²) < 4.78 is 0. The molecule has 0 spiro atoms. The van der Waals surface area contributed by atoms with E-state index in [1.165, 1.54) is 76.2 Å². The first-order valence-electron chi connectivity index (χ1n) is 7.63. The van der Waals surface area contributed by atoms with Crippen LogP contribution in [-0.4, -0.2) is 29.4 Å². The van der Waals surface area contributed by atoms with E-state index in [-0.39, 0.29) is 0 Å². The normalized spacial score (nSPS) is 37.2. The summed E-state index contributed by atoms with van der Waals surface area (Å²) in [5.41, 5.74) is 0.631. The monoisotopic (exact) mass is 299 g/mol. The van der Waals surface area contributed by atoms with Crippen LogP contribution >= 0.6 is 15.9 Å². The van der Waals surface area contributed by atoms with Gasteiger partial charge in [-0.05, 0) is 50.0 Å². The predicted octanol–water partition coefficient (Wildman–Crippen LogP) is 4.21. The second kappa shape index (κ2) is 5.21. The lowest BCUT2D eigenvalue weighted by atomic mass is 9.83. The molecule has 2 unspecified atom stereocenters. The molecule has 98 valence electrons. The molecule has 17 heavy (non-hydrogen) atoms. The molecular formula is C15H26BrN. The van der Waals surface area contributed by atoms with Gasteiger partial charge in [0.2, 0.25) is 0 Å². The van der Waals surface area contributed by atoms with Gasteiger partial charge in [-0.3, -0.25) is 4.90 Å². The molecule has 0 aromatic heterocycles. The van der Waals surface area contributed by atoms with Gasteiger partial charge in [0, 0.05) is 17.9 Å². The Labute approximate surface area is 114 Å². The molecule has 0 bridgehead atoms. The molecule has 1 aliphatic heterocycles. The van der Waals surface area contributed by atoms with E-state index in [0.717, 1.165) is 12.0 Å². The van der Waals surface area contributed by atoms with E-state index in [4.69, 9.17) is 0 Å². The van der Waals surface area contributed by atoms with Crippen molar-refractivity contribution in [3.63, 3.8) is 0 Å². The number of fused-ring (bicyclic) bond motifs is 1. The van der Waals surface area contributed by atoms with Crippen LogP contribution in [0, 0.1) is 11.3 Å². The Hall–Kier alpha value is 0.440. The van der Waals surface area contributed by atoms with E-state index < -0.39 is 0 Å². The number of rotatable bonds is 3. The van der Waals surface area contributed by atoms with E-state index in [9.17, 15) is 0 Å². The molecule has 1 saturated heterocycles. The van der Waals surface area contributed by atoms with Crippen molar-refractivity contribution in [3.05, 3.63) is 0 Å². The minimum Gasteiger partial charge on any atom is -0.300 e. The Bertz CT molecular complexity index is 260. The molecule has 0 N–H and O–H groups in total. The predicted molar refractivity (Wildman–Crippen MR) is 76.6 cm³/mol. The summed E-state index contributed by atoms with van der Waals surface area (Å²) in [5.74, 6) is 1.05. The first kappa shape index (κ1) is 12.5. The third-order valence-corrected chi connectivity index (χ3v) is 6.80. The van der Waals surface area contributed by atoms with Gasteiger partial charge in [-0.15, -0.1) is 0 Å². The highest BCUT2D eigenvalue weighted by Gasteiger charge is 2.41. The number of likely N-dealkylation sites (tertiary alicyclic amines) is 1. The topological polar surface area (TPSA) is 3.24 Å². The molecule has 1 heterocycles. The average Bonchev–Trinajstić information content (AvgIpc) is 2.99. The molecule has 3 aliphatic rings. The van der Waals surface area contributed by atoms with Gasteiger partial charge in [-0.1, -0.05) is 41.6 Å². The van der Waals surface area contributed by atoms with Crippen LogP contribution in [0.25, 0.3) is 0 Å². The molecule has 0 aromatic rings. The van der Waals surface area contributed by atoms with Gasteiger partial charge in [-0.25, -0.2) is 0 Å². The third kappa shape index (κ3) is 2.45. The van der Waals surface area contributed by atoms with Crippen LogP contribution in [0.4, 0.5) is 0 Å². The lowest BCUT2D eigenvalue weighted by molar-refractivity contribution is 0.125. The van der Waals surface area contributed by atoms with Crippen molar-refractivity contribution in [2.45, 2.75) is 63.8 Å². The number of hydrogen-bond acceptors (Lipinski definition) is 1. The summed E-state index contributed by atoms with van der Waals surface area (Å²) in [6, 6.07) is 0.959. The number of alkyl halides is 1. The van der Waals surface area contributed by atoms with Crippen LogP contribution < -0.4 is 0 Å². The fourth-order valence-corrected chi connectivity index (χ4v) is 5.33. The van der Waals surface area contributed by atoms with E-state index >= 15 is 0 Å². The summed E-state index contributed by atoms with van der Waals surface area (Å²) in [4.78, 5) is 2.87. The van der Waals surface area contributed by atoms with Crippen molar-refractivity contribution >= 4 is 15.9 Å². The summed E-state index contributed by atoms with van der Waals surface area (Å²) in [6.45, 7) is 2.78. The average molecular weight is 300 g/mol. The lowest BCUT2D eigenvalue weighted by Crippen LogP contribution is -2.42. The standard InChI is InChI=1S/C15H26BrN/c16-11-15(8-3-4-9-15)12-17-10-7-13-5-1-2-6-14(13)17/h13-14H,1-12H2. The SMILES string of the molecule is BrCC1(CN2CCC3CCCCC32)CCCC1. The fourth-order valence-electron chi connectivity index (χ4n) is 4.59. The first-order valence-corrected chi connectivity index (χ1v) is 8.75. The van der Waals surface area contributed by atoms with Crippen molar-refractivity contribution in [1.29, 1.82) is 0 Å². The van der Waals surface area contributed by atoms with Crippen LogP contribution in [0.5, 0.6) is 0 Å². The highest BCUT2D eigenvalue weighted by molar-refractivity contribution is 9.09. The molecule has 3 fully saturated rings. The Morgan fingerprint density at radius 2 is 1.76 bits per heavy atom. The summed E-state index contributed by atoms with van der Waals surface area (Å²) in [5, 5.41) is 1.23. The molecule has 1 nitrogen and oxygen atoms in total. The third-order valence-electron chi connectivity index (χ3n) is 5.61. The van der Waals surface area contributed by atoms with Crippen molar-refractivity contribution in [3.8, 4) is 0 Å². The van der Waals surface area contributed by atoms with E-state index in [1.54, 1.807) is 0 Å². The van der Waals surface area contributed by atoms with Gasteiger partial charge >= 0.3 is 0 Å². The highest BCUT2D eigenvalue weighted by atomic mass is 79.9. The van der Waals surface area contributed by atoms with Crippen LogP contribution in [0.3, 0.4) is 0 Å². The second-order valence-corrected chi connectivity index (χ2v) is 7.27. The fraction of sp³-hybridized carbons (Fsp3) is 1.00. The van der Waals surface area contributed by atoms with Gasteiger partial charge in [-0.2, -0.15) is 0 Å². The molecule has 0 aromatic carbocycles. The summed E-state index contributed by atoms with van der Waals surface area (Å²) >= 11 is 3.80. The zero-order valence-corrected chi connectivity index (χ0v) is 12.6. The number of hydrogen-bond donors (Lipinski definition) is 0. The maximum atomic E-state index is 3.80. The van der Waals surface area contributed by atoms with Crippen LogP contribution in [-0.2, 0) is 0 Å². The van der Waals surface area contributed by atoms with E-state index in [0.29, 0.717) is 5.41 Å². The quantitative estimate of drug-likeness (QED) is 0.706. The molecule has 2 atom stereocenters. The molecule has 0 radical (unpaired) electrons. The number of halogens is 1. The largest absolute Gasteiger partial charge is 0.300 e. The molecule has 0 amide bonds. The Morgan fingerprint density at radius 3 is 2.53 bits per heavy atom. The van der Waals surface area contributed by atoms with Crippen molar-refractivity contribution in [1.82, 2.24) is 4.90 Å². The van der Waals surface area contributed by atoms with E-state index in [1.807, 2.05) is 0 Å². The summed E-state index contributed by atoms with van der Waals surface area (Å²) in [7, 11) is 0. The Morgan fingerprint density at radius 1 is 1.00 bits per heavy atom. The molecule has 3 rings (SSSR count). The Kier molecular flexibility index (Phi) is 3.82. The minimum atomic E-state index is 0.631. The maximum Gasteiger partial charge on any atom is 0.0124 e. The Balaban J connectivity index is 1.64. The zero-order chi connectivity index (χ0) is 11.7. The van der Waals surface area contributed by atoms with Gasteiger partial charge < -0.3 is 0 Å². The highest BCUT2D eigenvalue weighted by Crippen LogP contribution is 2.44. The van der Waals surface area contributed by atoms with Gasteiger partial charge in [0.05, 0.1) is 0 Å². The lowest BCUT2D eigenvalue weighted by Gasteiger charge is -2.38. The van der Waals surface area contributed by atoms with Crippen LogP contribution in [0.15, 0.2) is 0 Å². The minimum absolute atomic E-state index is 0.631. The second-order valence-electron chi connectivity index (χ2n) is 6.71. The van der Waals surface area contributed by atoms with Gasteiger partial charge in [0.15, 0.2) is 0 Å².